The van der Waals surface area contributed by atoms with Gasteiger partial charge < -0.3 is 9.11 Å². The predicted molar refractivity (Wildman–Crippen MR) is 239 cm³/mol. The van der Waals surface area contributed by atoms with Crippen molar-refractivity contribution in [3.8, 4) is 0 Å². The van der Waals surface area contributed by atoms with Gasteiger partial charge in [0.2, 0.25) is 0 Å². The molecule has 4 rings (SSSR count). The molecule has 0 aromatic heterocycles. The first-order valence-corrected chi connectivity index (χ1v) is 24.8. The van der Waals surface area contributed by atoms with Crippen molar-refractivity contribution in [1.29, 1.82) is 0 Å². The molecule has 0 N–H and O–H groups in total. The van der Waals surface area contributed by atoms with E-state index < -0.39 is 20.2 Å². The molecule has 0 saturated heterocycles. The van der Waals surface area contributed by atoms with Crippen LogP contribution >= 0.6 is 0 Å². The molecule has 312 valence electrons. The molecule has 57 heavy (non-hydrogen) atoms. The zero-order valence-corrected chi connectivity index (χ0v) is 39.1. The van der Waals surface area contributed by atoms with Gasteiger partial charge in [0.25, 0.3) is 0 Å². The summed E-state index contributed by atoms with van der Waals surface area (Å²) >= 11 is 0. The smallest absolute Gasteiger partial charge is 0.744 e. The molecule has 0 saturated carbocycles. The summed E-state index contributed by atoms with van der Waals surface area (Å²) in [6.07, 6.45) is 32.8. The van der Waals surface area contributed by atoms with Crippen molar-refractivity contribution in [2.24, 2.45) is 0 Å². The largest absolute Gasteiger partial charge is 2.00 e. The normalized spacial score (nSPS) is 11.7. The Morgan fingerprint density at radius 3 is 0.930 bits per heavy atom. The van der Waals surface area contributed by atoms with E-state index in [4.69, 9.17) is 0 Å². The van der Waals surface area contributed by atoms with Gasteiger partial charge in [0.05, 0.1) is 9.79 Å². The molecule has 9 heteroatoms. The fourth-order valence-electron chi connectivity index (χ4n) is 7.71. The second-order valence-electron chi connectivity index (χ2n) is 15.8. The Kier molecular flexibility index (Phi) is 26.9. The van der Waals surface area contributed by atoms with Gasteiger partial charge in [0, 0.05) is 0 Å². The Morgan fingerprint density at radius 2 is 0.649 bits per heavy atom. The standard InChI is InChI=1S/2C24H36O3S.Ca/c2*1-2-3-4-5-6-7-8-9-10-11-12-13-16-21-19-22-17-14-15-18-23(22)24(20-21)28(25,26)27;/h2*14-15,17-20H,2-13,16H2,1H3,(H,25,26,27);/q;;+2/p-2. The zero-order chi connectivity index (χ0) is 40.5. The van der Waals surface area contributed by atoms with Gasteiger partial charge in [-0.1, -0.05) is 216 Å². The topological polar surface area (TPSA) is 114 Å². The summed E-state index contributed by atoms with van der Waals surface area (Å²) in [5, 5.41) is 2.70. The zero-order valence-electron chi connectivity index (χ0n) is 35.3. The first-order valence-electron chi connectivity index (χ1n) is 22.0. The molecule has 0 aliphatic carbocycles. The molecule has 0 bridgehead atoms. The SMILES string of the molecule is CCCCCCCCCCCCCCc1cc(S(=O)(=O)[O-])c2ccccc2c1.CCCCCCCCCCCCCCc1cc(S(=O)(=O)[O-])c2ccccc2c1.[Ca+2]. The fourth-order valence-corrected chi connectivity index (χ4v) is 9.21. The van der Waals surface area contributed by atoms with Gasteiger partial charge in [0.15, 0.2) is 0 Å². The van der Waals surface area contributed by atoms with E-state index in [2.05, 4.69) is 13.8 Å². The van der Waals surface area contributed by atoms with Crippen molar-refractivity contribution in [2.45, 2.75) is 191 Å². The molecule has 0 amide bonds. The van der Waals surface area contributed by atoms with Crippen LogP contribution < -0.4 is 0 Å². The van der Waals surface area contributed by atoms with Crippen LogP contribution in [0, 0.1) is 0 Å². The van der Waals surface area contributed by atoms with E-state index in [0.717, 1.165) is 60.4 Å². The maximum atomic E-state index is 11.6. The maximum absolute atomic E-state index is 11.6. The summed E-state index contributed by atoms with van der Waals surface area (Å²) in [6.45, 7) is 4.51. The Hall–Kier alpha value is -1.52. The van der Waals surface area contributed by atoms with Crippen LogP contribution in [-0.2, 0) is 33.1 Å². The van der Waals surface area contributed by atoms with Crippen LogP contribution in [-0.4, -0.2) is 63.7 Å². The third-order valence-corrected chi connectivity index (χ3v) is 12.7. The summed E-state index contributed by atoms with van der Waals surface area (Å²) in [5.74, 6) is 0. The molecule has 0 unspecified atom stereocenters. The second kappa shape index (κ2) is 29.7. The molecular weight excluding hydrogens is 777 g/mol. The average molecular weight is 847 g/mol. The van der Waals surface area contributed by atoms with E-state index in [0.29, 0.717) is 10.8 Å². The van der Waals surface area contributed by atoms with Crippen molar-refractivity contribution in [3.63, 3.8) is 0 Å². The second-order valence-corrected chi connectivity index (χ2v) is 18.5. The van der Waals surface area contributed by atoms with Crippen LogP contribution in [0.4, 0.5) is 0 Å². The molecule has 0 fully saturated rings. The van der Waals surface area contributed by atoms with Gasteiger partial charge in [-0.2, -0.15) is 0 Å². The number of unbranched alkanes of at least 4 members (excludes halogenated alkanes) is 22. The number of rotatable bonds is 28. The Balaban J connectivity index is 0.000000387. The quantitative estimate of drug-likeness (QED) is 0.0319. The van der Waals surface area contributed by atoms with Gasteiger partial charge in [-0.3, -0.25) is 0 Å². The van der Waals surface area contributed by atoms with Crippen molar-refractivity contribution >= 4 is 79.5 Å². The van der Waals surface area contributed by atoms with Crippen molar-refractivity contribution in [1.82, 2.24) is 0 Å². The number of fused-ring (bicyclic) bond motifs is 2. The van der Waals surface area contributed by atoms with Crippen LogP contribution in [0.5, 0.6) is 0 Å². The van der Waals surface area contributed by atoms with Gasteiger partial charge in [-0.15, -0.1) is 0 Å². The maximum Gasteiger partial charge on any atom is 2.00 e. The molecule has 0 aliphatic rings. The first-order chi connectivity index (χ1) is 27.0. The molecule has 0 aliphatic heterocycles. The third-order valence-electron chi connectivity index (χ3n) is 10.9. The molecule has 0 radical (unpaired) electrons. The third kappa shape index (κ3) is 21.0. The van der Waals surface area contributed by atoms with E-state index in [9.17, 15) is 25.9 Å². The van der Waals surface area contributed by atoms with Crippen LogP contribution in [0.3, 0.4) is 0 Å². The number of hydrogen-bond donors (Lipinski definition) is 0. The van der Waals surface area contributed by atoms with Gasteiger partial charge in [0.1, 0.15) is 20.2 Å². The van der Waals surface area contributed by atoms with E-state index in [-0.39, 0.29) is 47.5 Å². The van der Waals surface area contributed by atoms with Crippen molar-refractivity contribution in [3.05, 3.63) is 83.9 Å². The van der Waals surface area contributed by atoms with Crippen molar-refractivity contribution in [2.75, 3.05) is 0 Å². The molecule has 6 nitrogen and oxygen atoms in total. The molecule has 4 aromatic rings. The first kappa shape index (κ1) is 51.6. The monoisotopic (exact) mass is 846 g/mol. The Bertz CT molecular complexity index is 1770. The summed E-state index contributed by atoms with van der Waals surface area (Å²) in [6, 6.07) is 21.6. The van der Waals surface area contributed by atoms with Crippen molar-refractivity contribution < 1.29 is 25.9 Å². The van der Waals surface area contributed by atoms with Crippen LogP contribution in [0.15, 0.2) is 82.6 Å². The van der Waals surface area contributed by atoms with Crippen LogP contribution in [0.25, 0.3) is 21.5 Å². The summed E-state index contributed by atoms with van der Waals surface area (Å²) in [7, 11) is -8.92. The Labute approximate surface area is 376 Å². The number of hydrogen-bond acceptors (Lipinski definition) is 6. The fraction of sp³-hybridized carbons (Fsp3) is 0.583. The summed E-state index contributed by atoms with van der Waals surface area (Å²) < 4.78 is 69.7. The Morgan fingerprint density at radius 1 is 0.386 bits per heavy atom. The van der Waals surface area contributed by atoms with Gasteiger partial charge in [-0.05, 0) is 70.5 Å². The van der Waals surface area contributed by atoms with Gasteiger partial charge >= 0.3 is 37.7 Å². The predicted octanol–water partition coefficient (Wildman–Crippen LogP) is 13.6. The van der Waals surface area contributed by atoms with Crippen LogP contribution in [0.2, 0.25) is 0 Å². The number of benzene rings is 4. The van der Waals surface area contributed by atoms with E-state index in [1.165, 1.54) is 128 Å². The van der Waals surface area contributed by atoms with E-state index >= 15 is 0 Å². The molecule has 0 heterocycles. The minimum atomic E-state index is -4.46. The molecular formula is C48H70CaO6S2. The van der Waals surface area contributed by atoms with Gasteiger partial charge in [-0.25, -0.2) is 16.8 Å². The minimum absolute atomic E-state index is 0. The molecule has 0 spiro atoms. The summed E-state index contributed by atoms with van der Waals surface area (Å²) in [5.41, 5.74) is 1.89. The molecule has 0 atom stereocenters. The average Bonchev–Trinajstić information content (AvgIpc) is 3.17. The van der Waals surface area contributed by atoms with E-state index in [1.807, 2.05) is 36.4 Å². The molecule has 4 aromatic carbocycles. The minimum Gasteiger partial charge on any atom is -0.744 e. The van der Waals surface area contributed by atoms with E-state index in [1.54, 1.807) is 36.4 Å². The van der Waals surface area contributed by atoms with Crippen LogP contribution in [0.1, 0.15) is 179 Å². The number of aryl methyl sites for hydroxylation is 2. The summed E-state index contributed by atoms with van der Waals surface area (Å²) in [4.78, 5) is -0.168.